The summed E-state index contributed by atoms with van der Waals surface area (Å²) in [5, 5.41) is 9.91. The average molecular weight is 392 g/mol. The predicted molar refractivity (Wildman–Crippen MR) is 126 cm³/mol. The topological polar surface area (TPSA) is 26.3 Å². The number of rotatable bonds is 5. The van der Waals surface area contributed by atoms with Gasteiger partial charge in [0, 0.05) is 17.2 Å². The lowest BCUT2D eigenvalue weighted by Gasteiger charge is -2.08. The van der Waals surface area contributed by atoms with Gasteiger partial charge in [-0.05, 0) is 75.1 Å². The molecule has 6 aromatic rings. The molecule has 6 rings (SSSR count). The molecule has 2 heterocycles. The van der Waals surface area contributed by atoms with Crippen molar-refractivity contribution in [3.63, 3.8) is 0 Å². The van der Waals surface area contributed by atoms with Gasteiger partial charge in [-0.3, -0.25) is 0 Å². The van der Waals surface area contributed by atoms with Crippen molar-refractivity contribution in [2.75, 3.05) is 0 Å². The Labute approximate surface area is 175 Å². The molecule has 0 aliphatic rings. The molecule has 0 N–H and O–H groups in total. The van der Waals surface area contributed by atoms with Crippen molar-refractivity contribution < 1.29 is 8.83 Å². The van der Waals surface area contributed by atoms with E-state index < -0.39 is 0 Å². The highest BCUT2D eigenvalue weighted by atomic mass is 16.3. The summed E-state index contributed by atoms with van der Waals surface area (Å²) in [6.45, 7) is 2.25. The summed E-state index contributed by atoms with van der Waals surface area (Å²) in [5.74, 6) is 1.11. The molecule has 148 valence electrons. The zero-order valence-corrected chi connectivity index (χ0v) is 17.2. The Morgan fingerprint density at radius 3 is 2.10 bits per heavy atom. The molecule has 0 radical (unpaired) electrons. The van der Waals surface area contributed by atoms with Gasteiger partial charge in [0.1, 0.15) is 16.9 Å². The lowest BCUT2D eigenvalue weighted by Crippen LogP contribution is -1.81. The third-order valence-electron chi connectivity index (χ3n) is 6.37. The van der Waals surface area contributed by atoms with Crippen LogP contribution in [0, 0.1) is 0 Å². The third-order valence-corrected chi connectivity index (χ3v) is 6.37. The number of hydrogen-bond donors (Lipinski definition) is 0. The van der Waals surface area contributed by atoms with Crippen molar-refractivity contribution in [2.45, 2.75) is 39.0 Å². The van der Waals surface area contributed by atoms with Gasteiger partial charge in [-0.1, -0.05) is 50.5 Å². The molecule has 0 unspecified atom stereocenters. The zero-order chi connectivity index (χ0) is 20.1. The minimum absolute atomic E-state index is 0.939. The van der Waals surface area contributed by atoms with Gasteiger partial charge in [0.25, 0.3) is 0 Å². The fraction of sp³-hybridized carbons (Fsp3) is 0.214. The molecule has 0 saturated carbocycles. The fourth-order valence-electron chi connectivity index (χ4n) is 4.77. The lowest BCUT2D eigenvalue weighted by molar-refractivity contribution is 0.527. The van der Waals surface area contributed by atoms with Crippen LogP contribution in [0.3, 0.4) is 0 Å². The summed E-state index contributed by atoms with van der Waals surface area (Å²) in [4.78, 5) is 0. The van der Waals surface area contributed by atoms with E-state index in [1.807, 2.05) is 6.07 Å². The SMILES string of the molecule is CCCCCCc1cc2cc3c(ccc4c5cc6ccoc6cc5ccc34)cc2o1. The van der Waals surface area contributed by atoms with E-state index in [0.29, 0.717) is 0 Å². The molecule has 4 aromatic carbocycles. The molecule has 0 amide bonds. The minimum Gasteiger partial charge on any atom is -0.464 e. The molecule has 30 heavy (non-hydrogen) atoms. The number of aryl methyl sites for hydroxylation is 1. The van der Waals surface area contributed by atoms with E-state index in [-0.39, 0.29) is 0 Å². The highest BCUT2D eigenvalue weighted by molar-refractivity contribution is 6.20. The normalized spacial score (nSPS) is 12.2. The van der Waals surface area contributed by atoms with Crippen molar-refractivity contribution >= 4 is 54.3 Å². The standard InChI is InChI=1S/C28H24O2/c1-2-3-4-5-6-22-13-21-15-26-19(17-28(21)30-22)8-10-23-24(26)9-7-18-16-27-20(11-12-29-27)14-25(18)23/h7-17H,2-6H2,1H3. The van der Waals surface area contributed by atoms with Gasteiger partial charge >= 0.3 is 0 Å². The Bertz CT molecular complexity index is 1530. The molecule has 0 spiro atoms. The zero-order valence-electron chi connectivity index (χ0n) is 17.2. The smallest absolute Gasteiger partial charge is 0.134 e. The minimum atomic E-state index is 0.939. The number of hydrogen-bond acceptors (Lipinski definition) is 2. The van der Waals surface area contributed by atoms with Crippen LogP contribution in [0.4, 0.5) is 0 Å². The van der Waals surface area contributed by atoms with E-state index in [1.54, 1.807) is 6.26 Å². The van der Waals surface area contributed by atoms with Crippen molar-refractivity contribution in [3.8, 4) is 0 Å². The number of fused-ring (bicyclic) bond motifs is 7. The third kappa shape index (κ3) is 2.79. The van der Waals surface area contributed by atoms with Gasteiger partial charge in [-0.15, -0.1) is 0 Å². The molecule has 0 fully saturated rings. The molecule has 2 heteroatoms. The second kappa shape index (κ2) is 6.91. The summed E-state index contributed by atoms with van der Waals surface area (Å²) in [6, 6.07) is 22.1. The maximum absolute atomic E-state index is 6.17. The number of unbranched alkanes of at least 4 members (excludes halogenated alkanes) is 3. The van der Waals surface area contributed by atoms with Crippen molar-refractivity contribution in [1.29, 1.82) is 0 Å². The molecule has 2 nitrogen and oxygen atoms in total. The molecule has 2 aromatic heterocycles. The summed E-state index contributed by atoms with van der Waals surface area (Å²) in [7, 11) is 0. The highest BCUT2D eigenvalue weighted by Crippen LogP contribution is 2.36. The van der Waals surface area contributed by atoms with Crippen molar-refractivity contribution in [2.24, 2.45) is 0 Å². The highest BCUT2D eigenvalue weighted by Gasteiger charge is 2.10. The first-order chi connectivity index (χ1) is 14.8. The van der Waals surface area contributed by atoms with Crippen LogP contribution in [0.5, 0.6) is 0 Å². The monoisotopic (exact) mass is 392 g/mol. The first-order valence-electron chi connectivity index (χ1n) is 11.0. The molecule has 0 atom stereocenters. The molecule has 0 saturated heterocycles. The Morgan fingerprint density at radius 2 is 1.33 bits per heavy atom. The Balaban J connectivity index is 1.51. The Kier molecular flexibility index (Phi) is 4.05. The fourth-order valence-corrected chi connectivity index (χ4v) is 4.77. The number of furan rings is 2. The van der Waals surface area contributed by atoms with E-state index in [9.17, 15) is 0 Å². The van der Waals surface area contributed by atoms with Gasteiger partial charge < -0.3 is 8.83 Å². The summed E-state index contributed by atoms with van der Waals surface area (Å²) >= 11 is 0. The van der Waals surface area contributed by atoms with Crippen LogP contribution in [0.25, 0.3) is 54.3 Å². The first-order valence-corrected chi connectivity index (χ1v) is 11.0. The van der Waals surface area contributed by atoms with Crippen molar-refractivity contribution in [1.82, 2.24) is 0 Å². The Morgan fingerprint density at radius 1 is 0.600 bits per heavy atom. The number of benzene rings is 4. The summed E-state index contributed by atoms with van der Waals surface area (Å²) in [5.41, 5.74) is 1.93. The van der Waals surface area contributed by atoms with Crippen LogP contribution in [-0.2, 0) is 6.42 Å². The van der Waals surface area contributed by atoms with Crippen LogP contribution >= 0.6 is 0 Å². The summed E-state index contributed by atoms with van der Waals surface area (Å²) in [6.07, 6.45) is 7.82. The molecular formula is C28H24O2. The van der Waals surface area contributed by atoms with E-state index in [2.05, 4.69) is 61.5 Å². The molecular weight excluding hydrogens is 368 g/mol. The van der Waals surface area contributed by atoms with E-state index in [0.717, 1.165) is 28.7 Å². The van der Waals surface area contributed by atoms with Crippen molar-refractivity contribution in [3.05, 3.63) is 72.7 Å². The predicted octanol–water partition coefficient (Wildman–Crippen LogP) is 8.76. The van der Waals surface area contributed by atoms with Gasteiger partial charge in [0.2, 0.25) is 0 Å². The second-order valence-electron chi connectivity index (χ2n) is 8.39. The van der Waals surface area contributed by atoms with E-state index in [4.69, 9.17) is 8.83 Å². The van der Waals surface area contributed by atoms with Gasteiger partial charge in [0.05, 0.1) is 6.26 Å². The average Bonchev–Trinajstić information content (AvgIpc) is 3.38. The first kappa shape index (κ1) is 17.6. The molecule has 0 aliphatic heterocycles. The van der Waals surface area contributed by atoms with Gasteiger partial charge in [-0.25, -0.2) is 0 Å². The maximum Gasteiger partial charge on any atom is 0.134 e. The molecule has 0 aliphatic carbocycles. The van der Waals surface area contributed by atoms with Crippen LogP contribution in [0.15, 0.2) is 75.8 Å². The summed E-state index contributed by atoms with van der Waals surface area (Å²) < 4.78 is 11.8. The van der Waals surface area contributed by atoms with Crippen LogP contribution in [0.2, 0.25) is 0 Å². The van der Waals surface area contributed by atoms with E-state index in [1.165, 1.54) is 63.4 Å². The quantitative estimate of drug-likeness (QED) is 0.216. The van der Waals surface area contributed by atoms with Crippen LogP contribution < -0.4 is 0 Å². The molecule has 0 bridgehead atoms. The second-order valence-corrected chi connectivity index (χ2v) is 8.39. The van der Waals surface area contributed by atoms with Crippen LogP contribution in [0.1, 0.15) is 38.4 Å². The Hall–Kier alpha value is -3.26. The van der Waals surface area contributed by atoms with E-state index >= 15 is 0 Å². The van der Waals surface area contributed by atoms with Gasteiger partial charge in [-0.2, -0.15) is 0 Å². The maximum atomic E-state index is 6.17. The van der Waals surface area contributed by atoms with Crippen LogP contribution in [-0.4, -0.2) is 0 Å². The lowest BCUT2D eigenvalue weighted by atomic mass is 9.96. The van der Waals surface area contributed by atoms with Gasteiger partial charge in [0.15, 0.2) is 0 Å². The largest absolute Gasteiger partial charge is 0.464 e.